The molecule has 108 valence electrons. The van der Waals surface area contributed by atoms with Gasteiger partial charge in [-0.25, -0.2) is 8.78 Å². The summed E-state index contributed by atoms with van der Waals surface area (Å²) >= 11 is 1.72. The molecule has 1 aromatic carbocycles. The van der Waals surface area contributed by atoms with Crippen LogP contribution in [0.4, 0.5) is 8.78 Å². The molecule has 0 amide bonds. The molecule has 3 rings (SSSR count). The lowest BCUT2D eigenvalue weighted by Crippen LogP contribution is -2.45. The van der Waals surface area contributed by atoms with Crippen LogP contribution in [0, 0.1) is 11.6 Å². The number of nitrogens with one attached hydrogen (secondary N) is 1. The van der Waals surface area contributed by atoms with E-state index in [1.165, 1.54) is 44.2 Å². The smallest absolute Gasteiger partial charge is 0.157 e. The second-order valence-corrected chi connectivity index (χ2v) is 6.58. The Morgan fingerprint density at radius 1 is 1.20 bits per heavy atom. The van der Waals surface area contributed by atoms with E-state index in [4.69, 9.17) is 0 Å². The first-order chi connectivity index (χ1) is 9.67. The molecule has 2 nitrogen and oxygen atoms in total. The highest BCUT2D eigenvalue weighted by Crippen LogP contribution is 2.36. The monoisotopic (exact) mass is 296 g/mol. The highest BCUT2D eigenvalue weighted by Gasteiger charge is 2.37. The van der Waals surface area contributed by atoms with E-state index < -0.39 is 11.6 Å². The van der Waals surface area contributed by atoms with Crippen LogP contribution in [-0.2, 0) is 6.54 Å². The number of rotatable bonds is 2. The Morgan fingerprint density at radius 2 is 2.00 bits per heavy atom. The van der Waals surface area contributed by atoms with E-state index in [1.807, 2.05) is 0 Å². The summed E-state index contributed by atoms with van der Waals surface area (Å²) in [5, 5.41) is 4.42. The number of aliphatic imine (C=N–C) groups is 1. The minimum atomic E-state index is -0.548. The largest absolute Gasteiger partial charge is 0.359 e. The molecule has 1 aliphatic carbocycles. The Labute approximate surface area is 122 Å². The maximum atomic E-state index is 13.5. The predicted octanol–water partition coefficient (Wildman–Crippen LogP) is 3.86. The summed E-state index contributed by atoms with van der Waals surface area (Å²) in [6, 6.07) is 3.65. The zero-order chi connectivity index (χ0) is 14.0. The van der Waals surface area contributed by atoms with Gasteiger partial charge in [-0.15, -0.1) is 0 Å². The predicted molar refractivity (Wildman–Crippen MR) is 78.9 cm³/mol. The van der Waals surface area contributed by atoms with E-state index in [-0.39, 0.29) is 12.1 Å². The van der Waals surface area contributed by atoms with Gasteiger partial charge in [0, 0.05) is 22.9 Å². The summed E-state index contributed by atoms with van der Waals surface area (Å²) in [5.74, 6) is -0.0178. The van der Waals surface area contributed by atoms with Gasteiger partial charge in [0.25, 0.3) is 0 Å². The van der Waals surface area contributed by atoms with Crippen molar-refractivity contribution < 1.29 is 8.78 Å². The number of halogens is 2. The van der Waals surface area contributed by atoms with Gasteiger partial charge in [-0.05, 0) is 18.9 Å². The average Bonchev–Trinajstić information content (AvgIpc) is 2.82. The molecule has 20 heavy (non-hydrogen) atoms. The Hall–Kier alpha value is -1.10. The summed E-state index contributed by atoms with van der Waals surface area (Å²) in [5.41, 5.74) is 0.647. The lowest BCUT2D eigenvalue weighted by Gasteiger charge is -2.32. The lowest BCUT2D eigenvalue weighted by atomic mass is 9.83. The van der Waals surface area contributed by atoms with Gasteiger partial charge in [-0.2, -0.15) is 0 Å². The first-order valence-corrected chi connectivity index (χ1v) is 8.05. The molecule has 0 radical (unpaired) electrons. The van der Waals surface area contributed by atoms with Crippen LogP contribution in [0.1, 0.15) is 37.7 Å². The molecule has 1 spiro atoms. The molecule has 2 aliphatic rings. The number of hydrogen-bond acceptors (Lipinski definition) is 2. The topological polar surface area (TPSA) is 24.4 Å². The average molecular weight is 296 g/mol. The van der Waals surface area contributed by atoms with E-state index >= 15 is 0 Å². The van der Waals surface area contributed by atoms with E-state index in [2.05, 4.69) is 10.3 Å². The summed E-state index contributed by atoms with van der Waals surface area (Å²) in [7, 11) is 0. The second kappa shape index (κ2) is 5.72. The van der Waals surface area contributed by atoms with Crippen LogP contribution >= 0.6 is 11.8 Å². The van der Waals surface area contributed by atoms with E-state index in [1.54, 1.807) is 11.8 Å². The number of nitrogens with zero attached hydrogens (tertiary/aromatic N) is 1. The molecule has 1 heterocycles. The van der Waals surface area contributed by atoms with Crippen molar-refractivity contribution in [2.45, 2.75) is 44.2 Å². The van der Waals surface area contributed by atoms with Gasteiger partial charge in [-0.1, -0.05) is 37.1 Å². The highest BCUT2D eigenvalue weighted by molar-refractivity contribution is 8.14. The molecule has 1 aliphatic heterocycles. The van der Waals surface area contributed by atoms with Gasteiger partial charge in [-0.3, -0.25) is 4.99 Å². The summed E-state index contributed by atoms with van der Waals surface area (Å²) < 4.78 is 26.4. The number of amidine groups is 1. The molecule has 0 atom stereocenters. The zero-order valence-electron chi connectivity index (χ0n) is 11.3. The van der Waals surface area contributed by atoms with Crippen molar-refractivity contribution in [3.8, 4) is 0 Å². The van der Waals surface area contributed by atoms with Gasteiger partial charge < -0.3 is 5.32 Å². The first-order valence-electron chi connectivity index (χ1n) is 7.06. The third kappa shape index (κ3) is 2.97. The Morgan fingerprint density at radius 3 is 2.75 bits per heavy atom. The normalized spacial score (nSPS) is 23.2. The minimum Gasteiger partial charge on any atom is -0.359 e. The Balaban J connectivity index is 1.65. The molecule has 2 fully saturated rings. The van der Waals surface area contributed by atoms with E-state index in [0.717, 1.165) is 17.0 Å². The van der Waals surface area contributed by atoms with Crippen LogP contribution in [-0.4, -0.2) is 16.5 Å². The summed E-state index contributed by atoms with van der Waals surface area (Å²) in [4.78, 5) is 4.44. The van der Waals surface area contributed by atoms with Crippen molar-refractivity contribution in [3.05, 3.63) is 35.4 Å². The van der Waals surface area contributed by atoms with Crippen molar-refractivity contribution in [2.75, 3.05) is 5.75 Å². The molecule has 1 N–H and O–H groups in total. The van der Waals surface area contributed by atoms with Crippen LogP contribution in [0.15, 0.2) is 23.2 Å². The van der Waals surface area contributed by atoms with Gasteiger partial charge >= 0.3 is 0 Å². The number of benzene rings is 1. The molecule has 1 saturated carbocycles. The van der Waals surface area contributed by atoms with Gasteiger partial charge in [0.2, 0.25) is 0 Å². The molecular formula is C15H18F2N2S. The fraction of sp³-hybridized carbons (Fsp3) is 0.533. The van der Waals surface area contributed by atoms with E-state index in [9.17, 15) is 8.78 Å². The Bertz CT molecular complexity index is 525. The maximum Gasteiger partial charge on any atom is 0.157 e. The summed E-state index contributed by atoms with van der Waals surface area (Å²) in [6.07, 6.45) is 6.26. The molecule has 1 aromatic rings. The number of hydrogen-bond donors (Lipinski definition) is 1. The maximum absolute atomic E-state index is 13.5. The molecule has 0 bridgehead atoms. The lowest BCUT2D eigenvalue weighted by molar-refractivity contribution is 0.303. The van der Waals surface area contributed by atoms with E-state index in [0.29, 0.717) is 5.56 Å². The van der Waals surface area contributed by atoms with Crippen molar-refractivity contribution in [2.24, 2.45) is 4.99 Å². The van der Waals surface area contributed by atoms with Crippen LogP contribution in [0.25, 0.3) is 0 Å². The first kappa shape index (κ1) is 13.9. The quantitative estimate of drug-likeness (QED) is 0.896. The van der Waals surface area contributed by atoms with Crippen molar-refractivity contribution in [1.29, 1.82) is 0 Å². The number of thioether (sulfide) groups is 1. The van der Waals surface area contributed by atoms with Crippen LogP contribution in [0.2, 0.25) is 0 Å². The fourth-order valence-electron chi connectivity index (χ4n) is 2.90. The second-order valence-electron chi connectivity index (χ2n) is 5.61. The highest BCUT2D eigenvalue weighted by atomic mass is 32.2. The Kier molecular flexibility index (Phi) is 3.96. The van der Waals surface area contributed by atoms with Gasteiger partial charge in [0.15, 0.2) is 5.17 Å². The van der Waals surface area contributed by atoms with Crippen LogP contribution in [0.5, 0.6) is 0 Å². The van der Waals surface area contributed by atoms with Crippen LogP contribution in [0.3, 0.4) is 0 Å². The summed E-state index contributed by atoms with van der Waals surface area (Å²) in [6.45, 7) is 0.261. The molecule has 5 heteroatoms. The minimum absolute atomic E-state index is 0.211. The van der Waals surface area contributed by atoms with Gasteiger partial charge in [0.05, 0.1) is 6.54 Å². The fourth-order valence-corrected chi connectivity index (χ4v) is 4.11. The molecule has 0 unspecified atom stereocenters. The SMILES string of the molecule is Fc1ccc(CN=C2NC3(CCCCC3)CS2)c(F)c1. The van der Waals surface area contributed by atoms with Gasteiger partial charge in [0.1, 0.15) is 11.6 Å². The zero-order valence-corrected chi connectivity index (χ0v) is 12.1. The van der Waals surface area contributed by atoms with Crippen molar-refractivity contribution >= 4 is 16.9 Å². The van der Waals surface area contributed by atoms with Crippen LogP contribution < -0.4 is 5.32 Å². The molecule has 1 saturated heterocycles. The molecule has 0 aromatic heterocycles. The third-order valence-electron chi connectivity index (χ3n) is 4.08. The third-order valence-corrected chi connectivity index (χ3v) is 5.28. The van der Waals surface area contributed by atoms with Crippen molar-refractivity contribution in [3.63, 3.8) is 0 Å². The molecular weight excluding hydrogens is 278 g/mol. The standard InChI is InChI=1S/C15H18F2N2S/c16-12-5-4-11(13(17)8-12)9-18-14-19-15(10-20-14)6-2-1-3-7-15/h4-5,8H,1-3,6-7,9-10H2,(H,18,19). The van der Waals surface area contributed by atoms with Crippen molar-refractivity contribution in [1.82, 2.24) is 5.32 Å².